The summed E-state index contributed by atoms with van der Waals surface area (Å²) in [5, 5.41) is 13.3. The average Bonchev–Trinajstić information content (AvgIpc) is 4.02. The Morgan fingerprint density at radius 3 is 1.54 bits per heavy atom. The molecular formula is C35H60N8O9. The van der Waals surface area contributed by atoms with Crippen LogP contribution in [0.1, 0.15) is 96.8 Å². The van der Waals surface area contributed by atoms with Crippen LogP contribution in [0.3, 0.4) is 0 Å². The molecule has 3 atom stereocenters. The molecule has 9 N–H and O–H groups in total. The number of nitrogens with two attached hydrogens (primary N) is 2. The number of primary amides is 2. The highest BCUT2D eigenvalue weighted by Crippen LogP contribution is 2.39. The first-order valence-corrected chi connectivity index (χ1v) is 18.6. The van der Waals surface area contributed by atoms with Crippen LogP contribution in [0.2, 0.25) is 0 Å². The topological polar surface area (TPSA) is 261 Å². The maximum absolute atomic E-state index is 13.3. The van der Waals surface area contributed by atoms with Gasteiger partial charge in [0.05, 0.1) is 7.11 Å². The molecule has 2 saturated carbocycles. The Morgan fingerprint density at radius 1 is 0.654 bits per heavy atom. The quantitative estimate of drug-likeness (QED) is 0.0531. The van der Waals surface area contributed by atoms with Gasteiger partial charge in [-0.25, -0.2) is 4.79 Å². The van der Waals surface area contributed by atoms with Crippen molar-refractivity contribution in [1.82, 2.24) is 31.5 Å². The average molecular weight is 737 g/mol. The third-order valence-corrected chi connectivity index (χ3v) is 9.39. The van der Waals surface area contributed by atoms with Crippen LogP contribution in [-0.2, 0) is 38.3 Å². The predicted octanol–water partition coefficient (Wildman–Crippen LogP) is -0.0517. The molecule has 0 radical (unpaired) electrons. The van der Waals surface area contributed by atoms with Crippen LogP contribution < -0.4 is 38.1 Å². The Morgan fingerprint density at radius 2 is 1.12 bits per heavy atom. The number of nitrogens with zero attached hydrogens (tertiary/aromatic N) is 1. The van der Waals surface area contributed by atoms with Crippen molar-refractivity contribution >= 4 is 47.4 Å². The third-order valence-electron chi connectivity index (χ3n) is 9.39. The van der Waals surface area contributed by atoms with E-state index in [4.69, 9.17) is 11.5 Å². The molecule has 52 heavy (non-hydrogen) atoms. The monoisotopic (exact) mass is 736 g/mol. The summed E-state index contributed by atoms with van der Waals surface area (Å²) in [6, 6.07) is -0.947. The lowest BCUT2D eigenvalue weighted by atomic mass is 9.96. The fraction of sp³-hybridized carbons (Fsp3) is 0.771. The summed E-state index contributed by atoms with van der Waals surface area (Å²) in [5.74, 6) is -2.35. The summed E-state index contributed by atoms with van der Waals surface area (Å²) in [6.45, 7) is 1.59. The second-order valence-corrected chi connectivity index (χ2v) is 13.8. The lowest BCUT2D eigenvalue weighted by molar-refractivity contribution is -0.139. The largest absolute Gasteiger partial charge is 0.453 e. The van der Waals surface area contributed by atoms with E-state index in [0.717, 1.165) is 30.6 Å². The Bertz CT molecular complexity index is 1170. The summed E-state index contributed by atoms with van der Waals surface area (Å²) in [4.78, 5) is 99.3. The molecule has 8 amide bonds. The Labute approximate surface area is 306 Å². The minimum Gasteiger partial charge on any atom is -0.453 e. The summed E-state index contributed by atoms with van der Waals surface area (Å²) < 4.78 is 4.62. The first-order valence-electron chi connectivity index (χ1n) is 18.6. The van der Waals surface area contributed by atoms with Gasteiger partial charge >= 0.3 is 6.09 Å². The van der Waals surface area contributed by atoms with Crippen LogP contribution in [0.15, 0.2) is 0 Å². The zero-order chi connectivity index (χ0) is 38.5. The van der Waals surface area contributed by atoms with E-state index in [1.54, 1.807) is 0 Å². The lowest BCUT2D eigenvalue weighted by Gasteiger charge is -2.23. The number of carbonyl (C=O) groups excluding carboxylic acids is 8. The standard InChI is InChI=1S/C35H60N8O9/c1-23(44)38-17-8-5-11-28(42-35(51)52-2)34(50)41-20-16-31(47)43(21-29(45)39-18-6-3-9-26(32(36)48)24-12-13-24)22-30(46)40-19-7-4-10-27(33(37)49)25-14-15-25/h24-28H,3-22H2,1-2H3,(H2,36,48)(H2,37,49)(H,38,44)(H,39,45)(H,40,46)(H,41,50)(H,42,51)/t26?,27?,28-/m0/s1. The second kappa shape index (κ2) is 23.9. The molecule has 2 aliphatic carbocycles. The zero-order valence-corrected chi connectivity index (χ0v) is 30.8. The lowest BCUT2D eigenvalue weighted by Crippen LogP contribution is -2.49. The van der Waals surface area contributed by atoms with E-state index in [0.29, 0.717) is 82.8 Å². The minimum atomic E-state index is -0.947. The Kier molecular flexibility index (Phi) is 20.1. The van der Waals surface area contributed by atoms with Crippen LogP contribution in [-0.4, -0.2) is 105 Å². The molecule has 0 spiro atoms. The van der Waals surface area contributed by atoms with E-state index in [9.17, 15) is 38.4 Å². The minimum absolute atomic E-state index is 0.118. The molecule has 2 rings (SSSR count). The second-order valence-electron chi connectivity index (χ2n) is 13.8. The molecule has 0 aromatic rings. The number of amides is 8. The number of hydrogen-bond acceptors (Lipinski definition) is 9. The van der Waals surface area contributed by atoms with Gasteiger partial charge in [0.25, 0.3) is 0 Å². The number of methoxy groups -OCH3 is 1. The van der Waals surface area contributed by atoms with E-state index < -0.39 is 35.8 Å². The predicted molar refractivity (Wildman–Crippen MR) is 191 cm³/mol. The number of unbranched alkanes of at least 4 members (excludes halogenated alkanes) is 3. The van der Waals surface area contributed by atoms with Crippen LogP contribution >= 0.6 is 0 Å². The molecule has 0 aliphatic heterocycles. The number of ether oxygens (including phenoxy) is 1. The van der Waals surface area contributed by atoms with Crippen LogP contribution in [0, 0.1) is 23.7 Å². The highest BCUT2D eigenvalue weighted by molar-refractivity contribution is 5.90. The molecule has 294 valence electrons. The van der Waals surface area contributed by atoms with E-state index in [2.05, 4.69) is 31.3 Å². The maximum atomic E-state index is 13.3. The van der Waals surface area contributed by atoms with Gasteiger partial charge in [-0.15, -0.1) is 0 Å². The molecule has 2 aliphatic rings. The Balaban J connectivity index is 1.88. The number of nitrogens with one attached hydrogen (secondary N) is 5. The summed E-state index contributed by atoms with van der Waals surface area (Å²) in [5.41, 5.74) is 11.0. The van der Waals surface area contributed by atoms with Gasteiger partial charge in [-0.3, -0.25) is 33.6 Å². The molecule has 0 saturated heterocycles. The third kappa shape index (κ3) is 18.7. The van der Waals surface area contributed by atoms with Crippen molar-refractivity contribution in [3.05, 3.63) is 0 Å². The van der Waals surface area contributed by atoms with Gasteiger partial charge in [0.15, 0.2) is 0 Å². The van der Waals surface area contributed by atoms with Crippen molar-refractivity contribution in [2.75, 3.05) is 46.4 Å². The number of carbonyl (C=O) groups is 8. The van der Waals surface area contributed by atoms with E-state index in [1.807, 2.05) is 0 Å². The zero-order valence-electron chi connectivity index (χ0n) is 30.8. The van der Waals surface area contributed by atoms with Gasteiger partial charge in [-0.05, 0) is 82.5 Å². The van der Waals surface area contributed by atoms with Gasteiger partial charge in [-0.1, -0.05) is 12.8 Å². The molecule has 0 heterocycles. The Hall–Kier alpha value is -4.44. The molecule has 0 aromatic heterocycles. The summed E-state index contributed by atoms with van der Waals surface area (Å²) >= 11 is 0. The molecule has 0 bridgehead atoms. The number of rotatable bonds is 28. The van der Waals surface area contributed by atoms with E-state index >= 15 is 0 Å². The summed E-state index contributed by atoms with van der Waals surface area (Å²) in [7, 11) is 1.17. The van der Waals surface area contributed by atoms with Crippen molar-refractivity contribution in [1.29, 1.82) is 0 Å². The van der Waals surface area contributed by atoms with Gasteiger partial charge in [0.2, 0.25) is 41.4 Å². The highest BCUT2D eigenvalue weighted by Gasteiger charge is 2.35. The summed E-state index contributed by atoms with van der Waals surface area (Å²) in [6.07, 6.45) is 8.32. The SMILES string of the molecule is COC(=O)N[C@@H](CCCCNC(C)=O)C(=O)NCCC(=O)N(CC(=O)NCCCCC(C(N)=O)C1CC1)CC(=O)NCCCCC(C(N)=O)C1CC1. The molecule has 0 aromatic carbocycles. The smallest absolute Gasteiger partial charge is 0.407 e. The number of alkyl carbamates (subject to hydrolysis) is 1. The van der Waals surface area contributed by atoms with Crippen molar-refractivity contribution in [3.8, 4) is 0 Å². The van der Waals surface area contributed by atoms with Crippen LogP contribution in [0.4, 0.5) is 4.79 Å². The molecule has 2 unspecified atom stereocenters. The maximum Gasteiger partial charge on any atom is 0.407 e. The van der Waals surface area contributed by atoms with Gasteiger partial charge in [-0.2, -0.15) is 0 Å². The van der Waals surface area contributed by atoms with Gasteiger partial charge in [0, 0.05) is 51.4 Å². The van der Waals surface area contributed by atoms with Crippen LogP contribution in [0.25, 0.3) is 0 Å². The van der Waals surface area contributed by atoms with Gasteiger partial charge in [0.1, 0.15) is 19.1 Å². The van der Waals surface area contributed by atoms with Crippen molar-refractivity contribution < 1.29 is 43.1 Å². The molecule has 17 heteroatoms. The van der Waals surface area contributed by atoms with Crippen LogP contribution in [0.5, 0.6) is 0 Å². The fourth-order valence-corrected chi connectivity index (χ4v) is 6.12. The first-order chi connectivity index (χ1) is 24.8. The highest BCUT2D eigenvalue weighted by atomic mass is 16.5. The molecule has 17 nitrogen and oxygen atoms in total. The fourth-order valence-electron chi connectivity index (χ4n) is 6.12. The van der Waals surface area contributed by atoms with Crippen molar-refractivity contribution in [3.63, 3.8) is 0 Å². The van der Waals surface area contributed by atoms with Crippen molar-refractivity contribution in [2.24, 2.45) is 35.1 Å². The molecular weight excluding hydrogens is 676 g/mol. The van der Waals surface area contributed by atoms with E-state index in [-0.39, 0.29) is 62.0 Å². The molecule has 2 fully saturated rings. The van der Waals surface area contributed by atoms with E-state index in [1.165, 1.54) is 14.0 Å². The first kappa shape index (κ1) is 43.7. The number of hydrogen-bond donors (Lipinski definition) is 7. The van der Waals surface area contributed by atoms with Crippen molar-refractivity contribution in [2.45, 2.75) is 103 Å². The van der Waals surface area contributed by atoms with Gasteiger partial charge < -0.3 is 47.7 Å². The normalized spacial score (nSPS) is 15.3.